The van der Waals surface area contributed by atoms with Crippen LogP contribution in [0, 0.1) is 5.92 Å². The van der Waals surface area contributed by atoms with Gasteiger partial charge in [0.05, 0.1) is 0 Å². The van der Waals surface area contributed by atoms with Crippen molar-refractivity contribution in [2.45, 2.75) is 46.2 Å². The quantitative estimate of drug-likeness (QED) is 0.788. The third kappa shape index (κ3) is 3.81. The van der Waals surface area contributed by atoms with Crippen LogP contribution in [0.3, 0.4) is 0 Å². The van der Waals surface area contributed by atoms with Crippen molar-refractivity contribution in [3.63, 3.8) is 0 Å². The maximum atomic E-state index is 3.62. The molecule has 0 aromatic carbocycles. The van der Waals surface area contributed by atoms with E-state index in [1.165, 1.54) is 4.88 Å². The van der Waals surface area contributed by atoms with Crippen LogP contribution in [0.15, 0.2) is 17.5 Å². The van der Waals surface area contributed by atoms with Crippen LogP contribution in [-0.2, 0) is 6.42 Å². The molecule has 1 aromatic rings. The normalized spacial score (nSPS) is 13.9. The molecule has 0 aliphatic heterocycles. The first-order valence-electron chi connectivity index (χ1n) is 5.38. The van der Waals surface area contributed by atoms with Crippen molar-refractivity contribution >= 4 is 11.3 Å². The van der Waals surface area contributed by atoms with Gasteiger partial charge in [0.15, 0.2) is 0 Å². The first-order chi connectivity index (χ1) is 6.59. The van der Waals surface area contributed by atoms with E-state index in [0.29, 0.717) is 18.0 Å². The van der Waals surface area contributed by atoms with Crippen molar-refractivity contribution in [3.8, 4) is 0 Å². The molecule has 0 amide bonds. The van der Waals surface area contributed by atoms with E-state index >= 15 is 0 Å². The Labute approximate surface area is 91.5 Å². The van der Waals surface area contributed by atoms with Crippen LogP contribution in [0.5, 0.6) is 0 Å². The first kappa shape index (κ1) is 11.7. The summed E-state index contributed by atoms with van der Waals surface area (Å²) in [6.45, 7) is 8.99. The molecular formula is C12H21NS. The Bertz CT molecular complexity index is 239. The van der Waals surface area contributed by atoms with E-state index < -0.39 is 0 Å². The fraction of sp³-hybridized carbons (Fsp3) is 0.667. The summed E-state index contributed by atoms with van der Waals surface area (Å²) in [5, 5.41) is 5.78. The van der Waals surface area contributed by atoms with Gasteiger partial charge in [0, 0.05) is 17.0 Å². The molecule has 0 saturated carbocycles. The molecule has 0 bridgehead atoms. The molecule has 80 valence electrons. The molecule has 0 fully saturated rings. The lowest BCUT2D eigenvalue weighted by molar-refractivity contribution is 0.370. The lowest BCUT2D eigenvalue weighted by Crippen LogP contribution is -2.39. The highest BCUT2D eigenvalue weighted by molar-refractivity contribution is 7.09. The topological polar surface area (TPSA) is 12.0 Å². The maximum Gasteiger partial charge on any atom is 0.0141 e. The summed E-state index contributed by atoms with van der Waals surface area (Å²) in [6, 6.07) is 5.53. The Kier molecular flexibility index (Phi) is 4.63. The van der Waals surface area contributed by atoms with Crippen LogP contribution in [0.4, 0.5) is 0 Å². The van der Waals surface area contributed by atoms with Crippen molar-refractivity contribution in [2.24, 2.45) is 5.92 Å². The third-order valence-corrected chi connectivity index (χ3v) is 3.25. The molecule has 1 rings (SSSR count). The predicted octanol–water partition coefficient (Wildman–Crippen LogP) is 3.31. The number of thiophene rings is 1. The first-order valence-corrected chi connectivity index (χ1v) is 6.26. The lowest BCUT2D eigenvalue weighted by Gasteiger charge is -2.24. The zero-order valence-corrected chi connectivity index (χ0v) is 10.4. The molecule has 14 heavy (non-hydrogen) atoms. The summed E-state index contributed by atoms with van der Waals surface area (Å²) in [4.78, 5) is 1.48. The van der Waals surface area contributed by atoms with Gasteiger partial charge < -0.3 is 5.32 Å². The standard InChI is InChI=1S/C12H21NS/c1-9(2)12(13-10(3)4)8-11-6-5-7-14-11/h5-7,9-10,12-13H,8H2,1-4H3. The van der Waals surface area contributed by atoms with Crippen molar-refractivity contribution in [1.82, 2.24) is 5.32 Å². The second kappa shape index (κ2) is 5.52. The Morgan fingerprint density at radius 1 is 1.29 bits per heavy atom. The molecule has 1 aromatic heterocycles. The molecule has 0 radical (unpaired) electrons. The van der Waals surface area contributed by atoms with Crippen molar-refractivity contribution in [3.05, 3.63) is 22.4 Å². The Morgan fingerprint density at radius 2 is 2.00 bits per heavy atom. The zero-order chi connectivity index (χ0) is 10.6. The highest BCUT2D eigenvalue weighted by atomic mass is 32.1. The SMILES string of the molecule is CC(C)NC(Cc1cccs1)C(C)C. The minimum absolute atomic E-state index is 0.572. The molecule has 2 heteroatoms. The van der Waals surface area contributed by atoms with Crippen molar-refractivity contribution in [2.75, 3.05) is 0 Å². The van der Waals surface area contributed by atoms with Gasteiger partial charge in [0.25, 0.3) is 0 Å². The Morgan fingerprint density at radius 3 is 2.43 bits per heavy atom. The van der Waals surface area contributed by atoms with Crippen LogP contribution < -0.4 is 5.32 Å². The van der Waals surface area contributed by atoms with Gasteiger partial charge in [-0.15, -0.1) is 11.3 Å². The lowest BCUT2D eigenvalue weighted by atomic mass is 9.99. The summed E-state index contributed by atoms with van der Waals surface area (Å²) >= 11 is 1.86. The molecule has 0 saturated heterocycles. The average molecular weight is 211 g/mol. The smallest absolute Gasteiger partial charge is 0.0141 e. The Balaban J connectivity index is 2.51. The van der Waals surface area contributed by atoms with Gasteiger partial charge in [-0.3, -0.25) is 0 Å². The van der Waals surface area contributed by atoms with E-state index in [-0.39, 0.29) is 0 Å². The van der Waals surface area contributed by atoms with Crippen LogP contribution in [-0.4, -0.2) is 12.1 Å². The number of nitrogens with one attached hydrogen (secondary N) is 1. The molecule has 0 aliphatic rings. The molecule has 1 unspecified atom stereocenters. The fourth-order valence-corrected chi connectivity index (χ4v) is 2.33. The molecular weight excluding hydrogens is 190 g/mol. The van der Waals surface area contributed by atoms with E-state index in [2.05, 4.69) is 50.5 Å². The van der Waals surface area contributed by atoms with E-state index in [1.807, 2.05) is 11.3 Å². The van der Waals surface area contributed by atoms with Crippen LogP contribution in [0.1, 0.15) is 32.6 Å². The van der Waals surface area contributed by atoms with Gasteiger partial charge in [0.1, 0.15) is 0 Å². The molecule has 1 N–H and O–H groups in total. The van der Waals surface area contributed by atoms with Crippen LogP contribution in [0.2, 0.25) is 0 Å². The Hall–Kier alpha value is -0.340. The van der Waals surface area contributed by atoms with Gasteiger partial charge in [0.2, 0.25) is 0 Å². The second-order valence-electron chi connectivity index (χ2n) is 4.46. The highest BCUT2D eigenvalue weighted by Gasteiger charge is 2.14. The van der Waals surface area contributed by atoms with Gasteiger partial charge in [-0.25, -0.2) is 0 Å². The van der Waals surface area contributed by atoms with Crippen molar-refractivity contribution in [1.29, 1.82) is 0 Å². The summed E-state index contributed by atoms with van der Waals surface area (Å²) in [5.74, 6) is 0.694. The van der Waals surface area contributed by atoms with E-state index in [0.717, 1.165) is 6.42 Å². The third-order valence-electron chi connectivity index (χ3n) is 2.35. The van der Waals surface area contributed by atoms with Gasteiger partial charge in [-0.2, -0.15) is 0 Å². The minimum Gasteiger partial charge on any atom is -0.311 e. The van der Waals surface area contributed by atoms with E-state index in [1.54, 1.807) is 0 Å². The summed E-state index contributed by atoms with van der Waals surface area (Å²) in [7, 11) is 0. The monoisotopic (exact) mass is 211 g/mol. The van der Waals surface area contributed by atoms with Crippen LogP contribution in [0.25, 0.3) is 0 Å². The zero-order valence-electron chi connectivity index (χ0n) is 9.58. The van der Waals surface area contributed by atoms with Crippen LogP contribution >= 0.6 is 11.3 Å². The molecule has 1 atom stereocenters. The van der Waals surface area contributed by atoms with E-state index in [9.17, 15) is 0 Å². The molecule has 1 heterocycles. The summed E-state index contributed by atoms with van der Waals surface area (Å²) in [6.07, 6.45) is 1.16. The summed E-state index contributed by atoms with van der Waals surface area (Å²) in [5.41, 5.74) is 0. The molecule has 0 aliphatic carbocycles. The van der Waals surface area contributed by atoms with Gasteiger partial charge in [-0.1, -0.05) is 33.8 Å². The molecule has 0 spiro atoms. The maximum absolute atomic E-state index is 3.62. The fourth-order valence-electron chi connectivity index (χ4n) is 1.56. The largest absolute Gasteiger partial charge is 0.311 e. The molecule has 1 nitrogen and oxygen atoms in total. The van der Waals surface area contributed by atoms with E-state index in [4.69, 9.17) is 0 Å². The number of hydrogen-bond donors (Lipinski definition) is 1. The van der Waals surface area contributed by atoms with Gasteiger partial charge in [-0.05, 0) is 23.8 Å². The predicted molar refractivity (Wildman–Crippen MR) is 64.9 cm³/mol. The van der Waals surface area contributed by atoms with Gasteiger partial charge >= 0.3 is 0 Å². The summed E-state index contributed by atoms with van der Waals surface area (Å²) < 4.78 is 0. The number of rotatable bonds is 5. The minimum atomic E-state index is 0.572. The highest BCUT2D eigenvalue weighted by Crippen LogP contribution is 2.15. The second-order valence-corrected chi connectivity index (χ2v) is 5.49. The van der Waals surface area contributed by atoms with Crippen molar-refractivity contribution < 1.29 is 0 Å². The average Bonchev–Trinajstić information content (AvgIpc) is 2.54. The number of hydrogen-bond acceptors (Lipinski definition) is 2.